The number of ketones is 1. The van der Waals surface area contributed by atoms with Gasteiger partial charge < -0.3 is 5.73 Å². The van der Waals surface area contributed by atoms with E-state index in [2.05, 4.69) is 0 Å². The van der Waals surface area contributed by atoms with Crippen LogP contribution in [0.15, 0.2) is 18.2 Å². The van der Waals surface area contributed by atoms with E-state index in [0.29, 0.717) is 0 Å². The molecule has 0 bridgehead atoms. The fraction of sp³-hybridized carbons (Fsp3) is 0.222. The van der Waals surface area contributed by atoms with Crippen molar-refractivity contribution in [2.75, 3.05) is 0 Å². The first kappa shape index (κ1) is 11.3. The van der Waals surface area contributed by atoms with Crippen LogP contribution in [-0.2, 0) is 0 Å². The topological polar surface area (TPSA) is 86.2 Å². The fourth-order valence-electron chi connectivity index (χ4n) is 1.10. The van der Waals surface area contributed by atoms with Crippen LogP contribution in [0.5, 0.6) is 0 Å². The molecule has 5 nitrogen and oxygen atoms in total. The van der Waals surface area contributed by atoms with E-state index in [9.17, 15) is 19.3 Å². The summed E-state index contributed by atoms with van der Waals surface area (Å²) in [5.74, 6) is -1.79. The zero-order valence-corrected chi connectivity index (χ0v) is 7.94. The number of Topliss-reactive ketones (excluding diaryl/α,β-unsaturated/α-hetero) is 1. The molecule has 0 aliphatic heterocycles. The second-order valence-electron chi connectivity index (χ2n) is 3.05. The van der Waals surface area contributed by atoms with Crippen LogP contribution in [-0.4, -0.2) is 16.7 Å². The van der Waals surface area contributed by atoms with Gasteiger partial charge in [-0.3, -0.25) is 14.9 Å². The monoisotopic (exact) mass is 212 g/mol. The highest BCUT2D eigenvalue weighted by atomic mass is 19.1. The normalized spacial score (nSPS) is 12.2. The van der Waals surface area contributed by atoms with Gasteiger partial charge in [0.1, 0.15) is 0 Å². The lowest BCUT2D eigenvalue weighted by molar-refractivity contribution is -0.387. The molecular formula is C9H9FN2O3. The predicted octanol–water partition coefficient (Wildman–Crippen LogP) is 1.26. The van der Waals surface area contributed by atoms with E-state index in [1.807, 2.05) is 0 Å². The molecule has 1 aromatic carbocycles. The Morgan fingerprint density at radius 1 is 1.60 bits per heavy atom. The number of carbonyl (C=O) groups is 1. The third kappa shape index (κ3) is 2.16. The Balaban J connectivity index is 3.27. The highest BCUT2D eigenvalue weighted by molar-refractivity contribution is 6.00. The number of hydrogen-bond acceptors (Lipinski definition) is 4. The minimum atomic E-state index is -1.13. The van der Waals surface area contributed by atoms with Crippen molar-refractivity contribution in [1.82, 2.24) is 0 Å². The van der Waals surface area contributed by atoms with Crippen molar-refractivity contribution in [3.05, 3.63) is 39.7 Å². The summed E-state index contributed by atoms with van der Waals surface area (Å²) >= 11 is 0. The molecular weight excluding hydrogens is 203 g/mol. The van der Waals surface area contributed by atoms with E-state index in [0.717, 1.165) is 6.07 Å². The molecule has 0 aromatic heterocycles. The van der Waals surface area contributed by atoms with Gasteiger partial charge in [-0.25, -0.2) is 0 Å². The molecule has 0 amide bonds. The maximum absolute atomic E-state index is 13.4. The molecule has 0 radical (unpaired) electrons. The van der Waals surface area contributed by atoms with E-state index in [1.165, 1.54) is 19.1 Å². The molecule has 0 fully saturated rings. The molecule has 80 valence electrons. The van der Waals surface area contributed by atoms with Crippen molar-refractivity contribution < 1.29 is 14.1 Å². The van der Waals surface area contributed by atoms with Gasteiger partial charge in [0.2, 0.25) is 5.82 Å². The zero-order valence-electron chi connectivity index (χ0n) is 7.94. The van der Waals surface area contributed by atoms with Crippen LogP contribution in [0.3, 0.4) is 0 Å². The lowest BCUT2D eigenvalue weighted by atomic mass is 10.0. The molecule has 0 spiro atoms. The Morgan fingerprint density at radius 3 is 2.67 bits per heavy atom. The van der Waals surface area contributed by atoms with Gasteiger partial charge >= 0.3 is 5.69 Å². The van der Waals surface area contributed by atoms with Gasteiger partial charge in [-0.1, -0.05) is 6.07 Å². The Labute approximate surface area is 84.8 Å². The van der Waals surface area contributed by atoms with Crippen molar-refractivity contribution >= 4 is 11.5 Å². The summed E-state index contributed by atoms with van der Waals surface area (Å²) < 4.78 is 13.4. The summed E-state index contributed by atoms with van der Waals surface area (Å²) in [5, 5.41) is 10.4. The summed E-state index contributed by atoms with van der Waals surface area (Å²) in [4.78, 5) is 20.9. The standard InChI is InChI=1S/C9H9FN2O3/c1-5(11)9(13)6-3-2-4-7(8(6)10)12(14)15/h2-5H,11H2,1H3. The van der Waals surface area contributed by atoms with Crippen LogP contribution in [0.4, 0.5) is 10.1 Å². The third-order valence-corrected chi connectivity index (χ3v) is 1.85. The summed E-state index contributed by atoms with van der Waals surface area (Å²) in [5.41, 5.74) is 4.21. The Bertz CT molecular complexity index is 418. The molecule has 6 heteroatoms. The Morgan fingerprint density at radius 2 is 2.20 bits per heavy atom. The van der Waals surface area contributed by atoms with Gasteiger partial charge in [0, 0.05) is 6.07 Å². The number of halogens is 1. The second-order valence-corrected chi connectivity index (χ2v) is 3.05. The third-order valence-electron chi connectivity index (χ3n) is 1.85. The van der Waals surface area contributed by atoms with Gasteiger partial charge in [-0.15, -0.1) is 0 Å². The number of nitrogens with two attached hydrogens (primary N) is 1. The van der Waals surface area contributed by atoms with Crippen molar-refractivity contribution in [3.63, 3.8) is 0 Å². The molecule has 15 heavy (non-hydrogen) atoms. The summed E-state index contributed by atoms with van der Waals surface area (Å²) in [6.45, 7) is 1.39. The van der Waals surface area contributed by atoms with Crippen molar-refractivity contribution in [3.8, 4) is 0 Å². The quantitative estimate of drug-likeness (QED) is 0.464. The first-order valence-electron chi connectivity index (χ1n) is 4.18. The maximum Gasteiger partial charge on any atom is 0.305 e. The molecule has 0 aliphatic rings. The van der Waals surface area contributed by atoms with E-state index in [-0.39, 0.29) is 5.56 Å². The SMILES string of the molecule is CC(N)C(=O)c1cccc([N+](=O)[O-])c1F. The molecule has 0 saturated heterocycles. The van der Waals surface area contributed by atoms with Crippen LogP contribution in [0.1, 0.15) is 17.3 Å². The minimum Gasteiger partial charge on any atom is -0.321 e. The van der Waals surface area contributed by atoms with Crippen molar-refractivity contribution in [1.29, 1.82) is 0 Å². The van der Waals surface area contributed by atoms with Gasteiger partial charge in [-0.2, -0.15) is 4.39 Å². The van der Waals surface area contributed by atoms with Crippen molar-refractivity contribution in [2.24, 2.45) is 5.73 Å². The Kier molecular flexibility index (Phi) is 3.11. The number of carbonyl (C=O) groups excluding carboxylic acids is 1. The van der Waals surface area contributed by atoms with E-state index >= 15 is 0 Å². The van der Waals surface area contributed by atoms with Gasteiger partial charge in [0.25, 0.3) is 0 Å². The first-order valence-corrected chi connectivity index (χ1v) is 4.18. The highest BCUT2D eigenvalue weighted by Crippen LogP contribution is 2.20. The van der Waals surface area contributed by atoms with E-state index in [4.69, 9.17) is 5.73 Å². The maximum atomic E-state index is 13.4. The number of hydrogen-bond donors (Lipinski definition) is 1. The number of nitro benzene ring substituents is 1. The number of rotatable bonds is 3. The first-order chi connectivity index (χ1) is 6.95. The molecule has 0 saturated carbocycles. The molecule has 1 rings (SSSR count). The number of benzene rings is 1. The fourth-order valence-corrected chi connectivity index (χ4v) is 1.10. The molecule has 1 unspecified atom stereocenters. The minimum absolute atomic E-state index is 0.348. The van der Waals surface area contributed by atoms with E-state index in [1.54, 1.807) is 0 Å². The lowest BCUT2D eigenvalue weighted by Gasteiger charge is -2.05. The summed E-state index contributed by atoms with van der Waals surface area (Å²) in [6, 6.07) is 2.53. The van der Waals surface area contributed by atoms with Crippen LogP contribution in [0.2, 0.25) is 0 Å². The molecule has 0 heterocycles. The highest BCUT2D eigenvalue weighted by Gasteiger charge is 2.22. The summed E-state index contributed by atoms with van der Waals surface area (Å²) in [7, 11) is 0. The van der Waals surface area contributed by atoms with E-state index < -0.39 is 28.3 Å². The average molecular weight is 212 g/mol. The van der Waals surface area contributed by atoms with Crippen LogP contribution in [0.25, 0.3) is 0 Å². The predicted molar refractivity (Wildman–Crippen MR) is 51.0 cm³/mol. The van der Waals surface area contributed by atoms with Gasteiger partial charge in [0.15, 0.2) is 5.78 Å². The van der Waals surface area contributed by atoms with Crippen LogP contribution in [0, 0.1) is 15.9 Å². The number of nitro groups is 1. The molecule has 0 aliphatic carbocycles. The molecule has 1 atom stereocenters. The lowest BCUT2D eigenvalue weighted by Crippen LogP contribution is -2.27. The molecule has 2 N–H and O–H groups in total. The van der Waals surface area contributed by atoms with Crippen molar-refractivity contribution in [2.45, 2.75) is 13.0 Å². The zero-order chi connectivity index (χ0) is 11.6. The smallest absolute Gasteiger partial charge is 0.305 e. The molecule has 1 aromatic rings. The summed E-state index contributed by atoms with van der Waals surface area (Å²) in [6.07, 6.45) is 0. The largest absolute Gasteiger partial charge is 0.321 e. The number of nitrogens with zero attached hydrogens (tertiary/aromatic N) is 1. The Hall–Kier alpha value is -1.82. The average Bonchev–Trinajstić information content (AvgIpc) is 2.16. The van der Waals surface area contributed by atoms with Crippen LogP contribution < -0.4 is 5.73 Å². The second kappa shape index (κ2) is 4.14. The van der Waals surface area contributed by atoms with Gasteiger partial charge in [0.05, 0.1) is 16.5 Å². The van der Waals surface area contributed by atoms with Gasteiger partial charge in [-0.05, 0) is 13.0 Å². The van der Waals surface area contributed by atoms with Crippen LogP contribution >= 0.6 is 0 Å².